The van der Waals surface area contributed by atoms with Gasteiger partial charge in [-0.25, -0.2) is 0 Å². The molecular weight excluding hydrogens is 198 g/mol. The number of hydrogen-bond acceptors (Lipinski definition) is 3. The number of aromatic nitrogens is 1. The van der Waals surface area contributed by atoms with Crippen LogP contribution in [-0.2, 0) is 6.54 Å². The molecule has 3 rings (SSSR count). The van der Waals surface area contributed by atoms with Gasteiger partial charge in [-0.2, -0.15) is 0 Å². The fraction of sp³-hybridized carbons (Fsp3) is 0.615. The summed E-state index contributed by atoms with van der Waals surface area (Å²) in [6.07, 6.45) is 0. The predicted molar refractivity (Wildman–Crippen MR) is 64.1 cm³/mol. The molecule has 3 heteroatoms. The molecule has 1 aromatic rings. The molecule has 2 aliphatic heterocycles. The Morgan fingerprint density at radius 2 is 2.06 bits per heavy atom. The second-order valence-corrected chi connectivity index (χ2v) is 5.14. The van der Waals surface area contributed by atoms with Crippen LogP contribution in [0.2, 0.25) is 0 Å². The smallest absolute Gasteiger partial charge is 0.0547 e. The molecule has 2 fully saturated rings. The van der Waals surface area contributed by atoms with E-state index in [1.54, 1.807) is 0 Å². The van der Waals surface area contributed by atoms with Crippen LogP contribution in [-0.4, -0.2) is 36.1 Å². The van der Waals surface area contributed by atoms with Gasteiger partial charge < -0.3 is 5.32 Å². The zero-order valence-electron chi connectivity index (χ0n) is 9.82. The third-order valence-corrected chi connectivity index (χ3v) is 3.80. The molecule has 3 nitrogen and oxygen atoms in total. The molecule has 3 heterocycles. The largest absolute Gasteiger partial charge is 0.316 e. The number of fused-ring (bicyclic) bond motifs is 1. The summed E-state index contributed by atoms with van der Waals surface area (Å²) in [6.45, 7) is 7.99. The van der Waals surface area contributed by atoms with Crippen molar-refractivity contribution in [3.8, 4) is 0 Å². The van der Waals surface area contributed by atoms with E-state index in [1.165, 1.54) is 31.9 Å². The van der Waals surface area contributed by atoms with Crippen molar-refractivity contribution in [2.45, 2.75) is 13.5 Å². The number of pyridine rings is 1. The fourth-order valence-electron chi connectivity index (χ4n) is 3.00. The highest BCUT2D eigenvalue weighted by atomic mass is 15.2. The molecule has 0 unspecified atom stereocenters. The lowest BCUT2D eigenvalue weighted by Gasteiger charge is -2.16. The van der Waals surface area contributed by atoms with Crippen molar-refractivity contribution < 1.29 is 0 Å². The van der Waals surface area contributed by atoms with E-state index in [-0.39, 0.29) is 0 Å². The van der Waals surface area contributed by atoms with Gasteiger partial charge >= 0.3 is 0 Å². The normalized spacial score (nSPS) is 29.6. The first kappa shape index (κ1) is 10.2. The van der Waals surface area contributed by atoms with Crippen LogP contribution in [0.15, 0.2) is 18.2 Å². The van der Waals surface area contributed by atoms with Crippen molar-refractivity contribution in [1.82, 2.24) is 15.2 Å². The molecule has 0 aliphatic carbocycles. The molecule has 0 spiro atoms. The molecule has 0 radical (unpaired) electrons. The van der Waals surface area contributed by atoms with Crippen LogP contribution in [0.4, 0.5) is 0 Å². The second kappa shape index (κ2) is 4.15. The SMILES string of the molecule is Cc1cccc(CN2C[C@H]3CNC[C@H]3C2)n1. The Hall–Kier alpha value is -0.930. The number of hydrogen-bond donors (Lipinski definition) is 1. The zero-order valence-corrected chi connectivity index (χ0v) is 9.82. The molecule has 2 atom stereocenters. The first-order valence-corrected chi connectivity index (χ1v) is 6.17. The van der Waals surface area contributed by atoms with E-state index in [0.29, 0.717) is 0 Å². The third kappa shape index (κ3) is 1.97. The first-order valence-electron chi connectivity index (χ1n) is 6.17. The van der Waals surface area contributed by atoms with Gasteiger partial charge in [-0.15, -0.1) is 0 Å². The second-order valence-electron chi connectivity index (χ2n) is 5.14. The van der Waals surface area contributed by atoms with Crippen LogP contribution in [0.1, 0.15) is 11.4 Å². The van der Waals surface area contributed by atoms with E-state index < -0.39 is 0 Å². The third-order valence-electron chi connectivity index (χ3n) is 3.80. The van der Waals surface area contributed by atoms with E-state index in [1.807, 2.05) is 0 Å². The highest BCUT2D eigenvalue weighted by Crippen LogP contribution is 2.27. The lowest BCUT2D eigenvalue weighted by atomic mass is 10.0. The van der Waals surface area contributed by atoms with Gasteiger partial charge in [-0.1, -0.05) is 6.07 Å². The minimum absolute atomic E-state index is 0.879. The molecule has 86 valence electrons. The maximum Gasteiger partial charge on any atom is 0.0547 e. The van der Waals surface area contributed by atoms with Crippen LogP contribution < -0.4 is 5.32 Å². The molecule has 0 amide bonds. The molecule has 2 aliphatic rings. The van der Waals surface area contributed by atoms with Crippen molar-refractivity contribution in [3.63, 3.8) is 0 Å². The Morgan fingerprint density at radius 3 is 2.75 bits per heavy atom. The number of nitrogens with zero attached hydrogens (tertiary/aromatic N) is 2. The number of nitrogens with one attached hydrogen (secondary N) is 1. The minimum Gasteiger partial charge on any atom is -0.316 e. The topological polar surface area (TPSA) is 28.2 Å². The molecule has 0 bridgehead atoms. The quantitative estimate of drug-likeness (QED) is 0.802. The van der Waals surface area contributed by atoms with Gasteiger partial charge in [-0.05, 0) is 44.0 Å². The lowest BCUT2D eigenvalue weighted by Crippen LogP contribution is -2.25. The maximum atomic E-state index is 4.57. The summed E-state index contributed by atoms with van der Waals surface area (Å²) >= 11 is 0. The Balaban J connectivity index is 1.64. The molecule has 1 aromatic heterocycles. The Labute approximate surface area is 96.9 Å². The van der Waals surface area contributed by atoms with E-state index in [9.17, 15) is 0 Å². The van der Waals surface area contributed by atoms with Gasteiger partial charge in [0.15, 0.2) is 0 Å². The summed E-state index contributed by atoms with van der Waals surface area (Å²) in [5.74, 6) is 1.76. The number of rotatable bonds is 2. The van der Waals surface area contributed by atoms with E-state index in [2.05, 4.69) is 40.3 Å². The van der Waals surface area contributed by atoms with Gasteiger partial charge in [0.1, 0.15) is 0 Å². The monoisotopic (exact) mass is 217 g/mol. The van der Waals surface area contributed by atoms with Gasteiger partial charge in [0.05, 0.1) is 5.69 Å². The fourth-order valence-corrected chi connectivity index (χ4v) is 3.00. The summed E-state index contributed by atoms with van der Waals surface area (Å²) in [5.41, 5.74) is 2.34. The van der Waals surface area contributed by atoms with Crippen molar-refractivity contribution in [3.05, 3.63) is 29.6 Å². The molecule has 0 saturated carbocycles. The van der Waals surface area contributed by atoms with Crippen molar-refractivity contribution in [2.24, 2.45) is 11.8 Å². The van der Waals surface area contributed by atoms with Gasteiger partial charge in [0, 0.05) is 25.3 Å². The molecule has 0 aromatic carbocycles. The average molecular weight is 217 g/mol. The van der Waals surface area contributed by atoms with Crippen LogP contribution >= 0.6 is 0 Å². The van der Waals surface area contributed by atoms with Crippen molar-refractivity contribution in [2.75, 3.05) is 26.2 Å². The van der Waals surface area contributed by atoms with Crippen molar-refractivity contribution >= 4 is 0 Å². The first-order chi connectivity index (χ1) is 7.81. The van der Waals surface area contributed by atoms with Crippen LogP contribution in [0, 0.1) is 18.8 Å². The maximum absolute atomic E-state index is 4.57. The molecule has 2 saturated heterocycles. The van der Waals surface area contributed by atoms with Crippen LogP contribution in [0.25, 0.3) is 0 Å². The van der Waals surface area contributed by atoms with Gasteiger partial charge in [0.25, 0.3) is 0 Å². The highest BCUT2D eigenvalue weighted by Gasteiger charge is 2.35. The average Bonchev–Trinajstić information content (AvgIpc) is 2.77. The Bertz CT molecular complexity index is 365. The lowest BCUT2D eigenvalue weighted by molar-refractivity contribution is 0.302. The van der Waals surface area contributed by atoms with E-state index in [0.717, 1.165) is 24.1 Å². The Morgan fingerprint density at radius 1 is 1.31 bits per heavy atom. The van der Waals surface area contributed by atoms with E-state index >= 15 is 0 Å². The molecular formula is C13H19N3. The molecule has 1 N–H and O–H groups in total. The number of likely N-dealkylation sites (tertiary alicyclic amines) is 1. The summed E-state index contributed by atoms with van der Waals surface area (Å²) < 4.78 is 0. The Kier molecular flexibility index (Phi) is 2.65. The predicted octanol–water partition coefficient (Wildman–Crippen LogP) is 1.04. The minimum atomic E-state index is 0.879. The van der Waals surface area contributed by atoms with Crippen LogP contribution in [0.5, 0.6) is 0 Å². The van der Waals surface area contributed by atoms with Crippen LogP contribution in [0.3, 0.4) is 0 Å². The summed E-state index contributed by atoms with van der Waals surface area (Å²) in [5, 5.41) is 3.48. The van der Waals surface area contributed by atoms with Gasteiger partial charge in [0.2, 0.25) is 0 Å². The molecule has 16 heavy (non-hydrogen) atoms. The van der Waals surface area contributed by atoms with E-state index in [4.69, 9.17) is 0 Å². The standard InChI is InChI=1S/C13H19N3/c1-10-3-2-4-13(15-10)9-16-7-11-5-14-6-12(11)8-16/h2-4,11-12,14H,5-9H2,1H3/t11-,12+. The zero-order chi connectivity index (χ0) is 11.0. The summed E-state index contributed by atoms with van der Waals surface area (Å²) in [7, 11) is 0. The van der Waals surface area contributed by atoms with Crippen molar-refractivity contribution in [1.29, 1.82) is 0 Å². The highest BCUT2D eigenvalue weighted by molar-refractivity contribution is 5.10. The summed E-state index contributed by atoms with van der Waals surface area (Å²) in [4.78, 5) is 7.13. The summed E-state index contributed by atoms with van der Waals surface area (Å²) in [6, 6.07) is 6.31. The number of aryl methyl sites for hydroxylation is 1. The van der Waals surface area contributed by atoms with Gasteiger partial charge in [-0.3, -0.25) is 9.88 Å².